The molecule has 0 spiro atoms. The fraction of sp³-hybridized carbons (Fsp3) is 0.440. The normalized spacial score (nSPS) is 13.8. The van der Waals surface area contributed by atoms with E-state index in [1.165, 1.54) is 19.2 Å². The van der Waals surface area contributed by atoms with Gasteiger partial charge >= 0.3 is 6.18 Å². The first kappa shape index (κ1) is 27.9. The number of aromatic nitrogens is 2. The number of amides is 2. The van der Waals surface area contributed by atoms with Crippen LogP contribution in [0.5, 0.6) is 5.75 Å². The third-order valence-electron chi connectivity index (χ3n) is 5.47. The SMILES string of the molecule is COc1ccc(-c2nc(C(=O)N[C@@H](C)CNC(=O)C(C)(C)C)c([C@H](C)N)o2)c2ccc(C(F)(F)F)nc12. The molecule has 2 heterocycles. The number of carbonyl (C=O) groups excluding carboxylic acids is 2. The van der Waals surface area contributed by atoms with Gasteiger partial charge in [-0.15, -0.1) is 0 Å². The molecule has 0 saturated heterocycles. The Morgan fingerprint density at radius 3 is 2.35 bits per heavy atom. The highest BCUT2D eigenvalue weighted by atomic mass is 19.4. The molecule has 0 radical (unpaired) electrons. The van der Waals surface area contributed by atoms with E-state index in [-0.39, 0.29) is 46.4 Å². The van der Waals surface area contributed by atoms with E-state index in [1.54, 1.807) is 40.7 Å². The van der Waals surface area contributed by atoms with E-state index in [9.17, 15) is 22.8 Å². The molecular weight excluding hydrogens is 491 g/mol. The van der Waals surface area contributed by atoms with Crippen molar-refractivity contribution in [2.24, 2.45) is 11.1 Å². The number of fused-ring (bicyclic) bond motifs is 1. The summed E-state index contributed by atoms with van der Waals surface area (Å²) in [6.07, 6.45) is -4.64. The molecule has 0 saturated carbocycles. The van der Waals surface area contributed by atoms with Gasteiger partial charge in [0.1, 0.15) is 17.0 Å². The van der Waals surface area contributed by atoms with Gasteiger partial charge in [-0.3, -0.25) is 9.59 Å². The van der Waals surface area contributed by atoms with Crippen LogP contribution in [-0.2, 0) is 11.0 Å². The number of halogens is 3. The number of ether oxygens (including phenoxy) is 1. The Hall–Kier alpha value is -3.67. The lowest BCUT2D eigenvalue weighted by Crippen LogP contribution is -2.45. The Kier molecular flexibility index (Phi) is 7.82. The summed E-state index contributed by atoms with van der Waals surface area (Å²) in [5.74, 6) is -0.520. The molecule has 2 amide bonds. The number of pyridine rings is 1. The van der Waals surface area contributed by atoms with Gasteiger partial charge in [0.25, 0.3) is 5.91 Å². The van der Waals surface area contributed by atoms with E-state index >= 15 is 0 Å². The van der Waals surface area contributed by atoms with E-state index in [4.69, 9.17) is 14.9 Å². The highest BCUT2D eigenvalue weighted by molar-refractivity contribution is 5.98. The lowest BCUT2D eigenvalue weighted by molar-refractivity contribution is -0.141. The van der Waals surface area contributed by atoms with E-state index < -0.39 is 35.3 Å². The van der Waals surface area contributed by atoms with Crippen LogP contribution in [0.25, 0.3) is 22.4 Å². The Balaban J connectivity index is 1.96. The molecule has 12 heteroatoms. The van der Waals surface area contributed by atoms with Crippen molar-refractivity contribution in [3.63, 3.8) is 0 Å². The molecule has 200 valence electrons. The summed E-state index contributed by atoms with van der Waals surface area (Å²) in [5, 5.41) is 5.81. The topological polar surface area (TPSA) is 132 Å². The van der Waals surface area contributed by atoms with Crippen LogP contribution in [0.3, 0.4) is 0 Å². The van der Waals surface area contributed by atoms with Crippen LogP contribution in [0.4, 0.5) is 13.2 Å². The first-order valence-electron chi connectivity index (χ1n) is 11.5. The molecule has 3 aromatic rings. The number of oxazole rings is 1. The van der Waals surface area contributed by atoms with Crippen LogP contribution in [-0.4, -0.2) is 41.5 Å². The standard InChI is InChI=1S/C25H30F3N5O4/c1-12(11-30-23(35)24(3,4)5)31-21(34)19-20(13(2)29)37-22(33-19)15-7-9-16(36-6)18-14(15)8-10-17(32-18)25(26,27)28/h7-10,12-13H,11,29H2,1-6H3,(H,30,35)(H,31,34)/t12-,13-/m0/s1. The minimum atomic E-state index is -4.64. The molecule has 0 aliphatic rings. The molecule has 0 aliphatic carbocycles. The molecule has 0 unspecified atom stereocenters. The molecule has 0 fully saturated rings. The van der Waals surface area contributed by atoms with Crippen molar-refractivity contribution >= 4 is 22.7 Å². The highest BCUT2D eigenvalue weighted by Gasteiger charge is 2.33. The van der Waals surface area contributed by atoms with Crippen molar-refractivity contribution in [1.82, 2.24) is 20.6 Å². The van der Waals surface area contributed by atoms with Crippen LogP contribution in [0, 0.1) is 5.41 Å². The van der Waals surface area contributed by atoms with Gasteiger partial charge in [0.05, 0.1) is 13.2 Å². The maximum atomic E-state index is 13.3. The van der Waals surface area contributed by atoms with Crippen molar-refractivity contribution in [1.29, 1.82) is 0 Å². The Bertz CT molecular complexity index is 1310. The minimum absolute atomic E-state index is 0.0136. The molecule has 9 nitrogen and oxygen atoms in total. The highest BCUT2D eigenvalue weighted by Crippen LogP contribution is 2.37. The lowest BCUT2D eigenvalue weighted by Gasteiger charge is -2.20. The Labute approximate surface area is 212 Å². The minimum Gasteiger partial charge on any atom is -0.494 e. The molecule has 0 aliphatic heterocycles. The van der Waals surface area contributed by atoms with Gasteiger partial charge in [-0.2, -0.15) is 13.2 Å². The van der Waals surface area contributed by atoms with Crippen molar-refractivity contribution in [3.8, 4) is 17.2 Å². The molecule has 37 heavy (non-hydrogen) atoms. The predicted molar refractivity (Wildman–Crippen MR) is 131 cm³/mol. The van der Waals surface area contributed by atoms with Crippen LogP contribution in [0.2, 0.25) is 0 Å². The van der Waals surface area contributed by atoms with Gasteiger partial charge in [0.15, 0.2) is 11.5 Å². The fourth-order valence-corrected chi connectivity index (χ4v) is 3.47. The van der Waals surface area contributed by atoms with Crippen LogP contribution in [0.15, 0.2) is 28.7 Å². The second kappa shape index (κ2) is 10.4. The third kappa shape index (κ3) is 6.19. The predicted octanol–water partition coefficient (Wildman–Crippen LogP) is 4.22. The summed E-state index contributed by atoms with van der Waals surface area (Å²) >= 11 is 0. The van der Waals surface area contributed by atoms with Gasteiger partial charge in [-0.1, -0.05) is 20.8 Å². The zero-order chi connectivity index (χ0) is 27.7. The molecule has 2 aromatic heterocycles. The number of alkyl halides is 3. The summed E-state index contributed by atoms with van der Waals surface area (Å²) < 4.78 is 50.8. The average molecular weight is 522 g/mol. The number of methoxy groups -OCH3 is 1. The van der Waals surface area contributed by atoms with Crippen LogP contribution in [0.1, 0.15) is 62.6 Å². The summed E-state index contributed by atoms with van der Waals surface area (Å²) in [4.78, 5) is 33.2. The monoisotopic (exact) mass is 521 g/mol. The Morgan fingerprint density at radius 1 is 1.11 bits per heavy atom. The number of carbonyl (C=O) groups is 2. The quantitative estimate of drug-likeness (QED) is 0.424. The molecule has 1 aromatic carbocycles. The summed E-state index contributed by atoms with van der Waals surface area (Å²) in [6, 6.07) is 3.95. The molecule has 2 atom stereocenters. The van der Waals surface area contributed by atoms with Crippen LogP contribution >= 0.6 is 0 Å². The second-order valence-electron chi connectivity index (χ2n) is 9.76. The second-order valence-corrected chi connectivity index (χ2v) is 9.76. The number of hydrogen-bond acceptors (Lipinski definition) is 7. The number of nitrogens with zero attached hydrogens (tertiary/aromatic N) is 2. The van der Waals surface area contributed by atoms with Crippen molar-refractivity contribution in [2.45, 2.75) is 52.9 Å². The first-order valence-corrected chi connectivity index (χ1v) is 11.5. The van der Waals surface area contributed by atoms with Gasteiger partial charge < -0.3 is 25.5 Å². The molecule has 4 N–H and O–H groups in total. The number of nitrogens with one attached hydrogen (secondary N) is 2. The summed E-state index contributed by atoms with van der Waals surface area (Å²) in [7, 11) is 1.32. The van der Waals surface area contributed by atoms with Gasteiger partial charge in [0.2, 0.25) is 11.8 Å². The van der Waals surface area contributed by atoms with E-state index in [0.717, 1.165) is 6.07 Å². The average Bonchev–Trinajstić information content (AvgIpc) is 3.26. The van der Waals surface area contributed by atoms with E-state index in [2.05, 4.69) is 20.6 Å². The zero-order valence-electron chi connectivity index (χ0n) is 21.4. The van der Waals surface area contributed by atoms with E-state index in [1.807, 2.05) is 0 Å². The van der Waals surface area contributed by atoms with Crippen LogP contribution < -0.4 is 21.1 Å². The fourth-order valence-electron chi connectivity index (χ4n) is 3.47. The summed E-state index contributed by atoms with van der Waals surface area (Å²) in [5.41, 5.74) is 4.57. The molecular formula is C25H30F3N5O4. The summed E-state index contributed by atoms with van der Waals surface area (Å²) in [6.45, 7) is 8.85. The van der Waals surface area contributed by atoms with Crippen molar-refractivity contribution < 1.29 is 31.9 Å². The van der Waals surface area contributed by atoms with E-state index in [0.29, 0.717) is 5.56 Å². The number of nitrogens with two attached hydrogens (primary N) is 1. The van der Waals surface area contributed by atoms with Gasteiger partial charge in [0, 0.05) is 29.0 Å². The van der Waals surface area contributed by atoms with Crippen molar-refractivity contribution in [2.75, 3.05) is 13.7 Å². The van der Waals surface area contributed by atoms with Crippen molar-refractivity contribution in [3.05, 3.63) is 41.4 Å². The lowest BCUT2D eigenvalue weighted by atomic mass is 9.96. The van der Waals surface area contributed by atoms with Gasteiger partial charge in [-0.05, 0) is 38.1 Å². The maximum absolute atomic E-state index is 13.3. The maximum Gasteiger partial charge on any atom is 0.433 e. The third-order valence-corrected chi connectivity index (χ3v) is 5.47. The Morgan fingerprint density at radius 2 is 1.78 bits per heavy atom. The smallest absolute Gasteiger partial charge is 0.433 e. The first-order chi connectivity index (χ1) is 17.1. The van der Waals surface area contributed by atoms with Gasteiger partial charge in [-0.25, -0.2) is 9.97 Å². The molecule has 3 rings (SSSR count). The largest absolute Gasteiger partial charge is 0.494 e. The number of rotatable bonds is 7. The zero-order valence-corrected chi connectivity index (χ0v) is 21.4. The number of hydrogen-bond donors (Lipinski definition) is 3. The molecule has 0 bridgehead atoms. The number of benzene rings is 1.